The van der Waals surface area contributed by atoms with Crippen molar-refractivity contribution in [2.24, 2.45) is 0 Å². The zero-order chi connectivity index (χ0) is 18.4. The van der Waals surface area contributed by atoms with Crippen LogP contribution in [0.3, 0.4) is 0 Å². The summed E-state index contributed by atoms with van der Waals surface area (Å²) in [6, 6.07) is 7.14. The molecule has 2 saturated heterocycles. The third-order valence-electron chi connectivity index (χ3n) is 5.14. The Morgan fingerprint density at radius 1 is 1.12 bits per heavy atom. The molecule has 1 N–H and O–H groups in total. The number of quaternary nitrogens is 1. The summed E-state index contributed by atoms with van der Waals surface area (Å²) in [7, 11) is 0. The van der Waals surface area contributed by atoms with Gasteiger partial charge >= 0.3 is 0 Å². The Morgan fingerprint density at radius 2 is 1.85 bits per heavy atom. The number of anilines is 1. The third kappa shape index (κ3) is 4.60. The minimum absolute atomic E-state index is 0.0508. The van der Waals surface area contributed by atoms with Crippen molar-refractivity contribution in [1.29, 1.82) is 0 Å². The SMILES string of the molecule is CCCCCCOc1ccc(N2C(=O)C[C@H]([NH+]3CCSCC3)C2=O)cc1. The van der Waals surface area contributed by atoms with Crippen LogP contribution in [0.2, 0.25) is 0 Å². The second-order valence-electron chi connectivity index (χ2n) is 7.00. The maximum Gasteiger partial charge on any atom is 0.292 e. The van der Waals surface area contributed by atoms with E-state index < -0.39 is 0 Å². The quantitative estimate of drug-likeness (QED) is 0.555. The lowest BCUT2D eigenvalue weighted by Gasteiger charge is -2.27. The van der Waals surface area contributed by atoms with E-state index >= 15 is 0 Å². The van der Waals surface area contributed by atoms with Crippen LogP contribution in [0.25, 0.3) is 0 Å². The Hall–Kier alpha value is -1.53. The highest BCUT2D eigenvalue weighted by Crippen LogP contribution is 2.25. The van der Waals surface area contributed by atoms with Crippen molar-refractivity contribution >= 4 is 29.3 Å². The maximum atomic E-state index is 12.8. The van der Waals surface area contributed by atoms with Crippen LogP contribution in [0.1, 0.15) is 39.0 Å². The van der Waals surface area contributed by atoms with E-state index in [0.29, 0.717) is 18.7 Å². The fourth-order valence-electron chi connectivity index (χ4n) is 3.61. The van der Waals surface area contributed by atoms with E-state index in [1.54, 1.807) is 0 Å². The van der Waals surface area contributed by atoms with Gasteiger partial charge in [-0.25, -0.2) is 4.90 Å². The molecular weight excluding hydrogens is 348 g/mol. The number of ether oxygens (including phenoxy) is 1. The Balaban J connectivity index is 1.58. The number of hydrogen-bond acceptors (Lipinski definition) is 4. The number of thioether (sulfide) groups is 1. The number of hydrogen-bond donors (Lipinski definition) is 1. The van der Waals surface area contributed by atoms with Crippen LogP contribution in [-0.4, -0.2) is 49.1 Å². The third-order valence-corrected chi connectivity index (χ3v) is 6.12. The highest BCUT2D eigenvalue weighted by atomic mass is 32.2. The van der Waals surface area contributed by atoms with Crippen LogP contribution in [0.4, 0.5) is 5.69 Å². The van der Waals surface area contributed by atoms with Gasteiger partial charge in [0.1, 0.15) is 5.75 Å². The topological polar surface area (TPSA) is 51.0 Å². The van der Waals surface area contributed by atoms with Gasteiger partial charge in [-0.3, -0.25) is 9.59 Å². The molecule has 2 amide bonds. The summed E-state index contributed by atoms with van der Waals surface area (Å²) < 4.78 is 5.75. The molecule has 26 heavy (non-hydrogen) atoms. The summed E-state index contributed by atoms with van der Waals surface area (Å²) in [5.74, 6) is 2.79. The van der Waals surface area contributed by atoms with Gasteiger partial charge in [-0.05, 0) is 30.7 Å². The number of unbranched alkanes of at least 4 members (excludes halogenated alkanes) is 3. The minimum atomic E-state index is -0.210. The van der Waals surface area contributed by atoms with Gasteiger partial charge in [0.15, 0.2) is 6.04 Å². The van der Waals surface area contributed by atoms with E-state index in [9.17, 15) is 9.59 Å². The highest BCUT2D eigenvalue weighted by molar-refractivity contribution is 7.99. The van der Waals surface area contributed by atoms with E-state index in [2.05, 4.69) is 6.92 Å². The smallest absolute Gasteiger partial charge is 0.292 e. The van der Waals surface area contributed by atoms with Crippen LogP contribution >= 0.6 is 11.8 Å². The van der Waals surface area contributed by atoms with Gasteiger partial charge in [-0.15, -0.1) is 0 Å². The molecule has 0 spiro atoms. The number of benzene rings is 1. The molecule has 1 aromatic rings. The molecule has 142 valence electrons. The number of rotatable bonds is 8. The average molecular weight is 378 g/mol. The molecule has 1 aromatic carbocycles. The van der Waals surface area contributed by atoms with Crippen LogP contribution in [0, 0.1) is 0 Å². The van der Waals surface area contributed by atoms with Gasteiger partial charge in [-0.2, -0.15) is 11.8 Å². The molecule has 0 aromatic heterocycles. The van der Waals surface area contributed by atoms with Gasteiger partial charge in [0.05, 0.1) is 31.8 Å². The van der Waals surface area contributed by atoms with Crippen molar-refractivity contribution in [3.63, 3.8) is 0 Å². The first kappa shape index (κ1) is 19.2. The largest absolute Gasteiger partial charge is 0.494 e. The Labute approximate surface area is 160 Å². The summed E-state index contributed by atoms with van der Waals surface area (Å²) in [6.45, 7) is 4.83. The first-order valence-corrected chi connectivity index (χ1v) is 10.9. The molecule has 2 heterocycles. The fourth-order valence-corrected chi connectivity index (χ4v) is 4.63. The van der Waals surface area contributed by atoms with Gasteiger partial charge in [0.25, 0.3) is 5.91 Å². The number of nitrogens with one attached hydrogen (secondary N) is 1. The zero-order valence-electron chi connectivity index (χ0n) is 15.5. The van der Waals surface area contributed by atoms with Gasteiger partial charge in [-0.1, -0.05) is 26.2 Å². The normalized spacial score (nSPS) is 21.4. The minimum Gasteiger partial charge on any atom is -0.494 e. The van der Waals surface area contributed by atoms with E-state index in [0.717, 1.165) is 36.8 Å². The number of amides is 2. The average Bonchev–Trinajstić information content (AvgIpc) is 2.97. The standard InChI is InChI=1S/C20H28N2O3S/c1-2-3-4-5-12-25-17-8-6-16(7-9-17)22-19(23)15-18(20(22)24)21-10-13-26-14-11-21/h6-9,18H,2-5,10-15H2,1H3/p+1/t18-/m0/s1. The number of imide groups is 1. The Bertz CT molecular complexity index is 614. The van der Waals surface area contributed by atoms with E-state index in [1.807, 2.05) is 36.0 Å². The lowest BCUT2D eigenvalue weighted by molar-refractivity contribution is -0.911. The molecule has 6 heteroatoms. The molecular formula is C20H29N2O3S+. The first-order chi connectivity index (χ1) is 12.7. The molecule has 5 nitrogen and oxygen atoms in total. The second kappa shape index (κ2) is 9.42. The predicted molar refractivity (Wildman–Crippen MR) is 105 cm³/mol. The molecule has 2 aliphatic rings. The summed E-state index contributed by atoms with van der Waals surface area (Å²) in [4.78, 5) is 27.9. The van der Waals surface area contributed by atoms with Crippen molar-refractivity contribution in [2.75, 3.05) is 36.1 Å². The molecule has 0 saturated carbocycles. The molecule has 0 unspecified atom stereocenters. The first-order valence-electron chi connectivity index (χ1n) is 9.72. The second-order valence-corrected chi connectivity index (χ2v) is 8.22. The lowest BCUT2D eigenvalue weighted by Crippen LogP contribution is -3.18. The number of nitrogens with zero attached hydrogens (tertiary/aromatic N) is 1. The van der Waals surface area contributed by atoms with E-state index in [4.69, 9.17) is 4.74 Å². The maximum absolute atomic E-state index is 12.8. The van der Waals surface area contributed by atoms with E-state index in [-0.39, 0.29) is 17.9 Å². The summed E-state index contributed by atoms with van der Waals surface area (Å²) >= 11 is 1.92. The molecule has 2 fully saturated rings. The summed E-state index contributed by atoms with van der Waals surface area (Å²) in [6.07, 6.45) is 5.02. The van der Waals surface area contributed by atoms with E-state index in [1.165, 1.54) is 29.1 Å². The van der Waals surface area contributed by atoms with Crippen LogP contribution in [0.5, 0.6) is 5.75 Å². The van der Waals surface area contributed by atoms with Crippen LogP contribution in [-0.2, 0) is 9.59 Å². The zero-order valence-corrected chi connectivity index (χ0v) is 16.4. The lowest BCUT2D eigenvalue weighted by atomic mass is 10.2. The van der Waals surface area contributed by atoms with Crippen molar-refractivity contribution in [3.05, 3.63) is 24.3 Å². The van der Waals surface area contributed by atoms with Crippen molar-refractivity contribution < 1.29 is 19.2 Å². The molecule has 3 rings (SSSR count). The Kier molecular flexibility index (Phi) is 6.97. The Morgan fingerprint density at radius 3 is 2.54 bits per heavy atom. The van der Waals surface area contributed by atoms with Gasteiger partial charge < -0.3 is 9.64 Å². The summed E-state index contributed by atoms with van der Waals surface area (Å²) in [5, 5.41) is 0. The number of carbonyl (C=O) groups is 2. The summed E-state index contributed by atoms with van der Waals surface area (Å²) in [5.41, 5.74) is 0.659. The van der Waals surface area contributed by atoms with Gasteiger partial charge in [0.2, 0.25) is 5.91 Å². The molecule has 0 radical (unpaired) electrons. The monoisotopic (exact) mass is 377 g/mol. The van der Waals surface area contributed by atoms with Gasteiger partial charge in [0, 0.05) is 11.5 Å². The van der Waals surface area contributed by atoms with Crippen molar-refractivity contribution in [2.45, 2.75) is 45.1 Å². The van der Waals surface area contributed by atoms with Crippen molar-refractivity contribution in [3.8, 4) is 5.75 Å². The number of carbonyl (C=O) groups excluding carboxylic acids is 2. The van der Waals surface area contributed by atoms with Crippen molar-refractivity contribution in [1.82, 2.24) is 0 Å². The van der Waals surface area contributed by atoms with Crippen LogP contribution < -0.4 is 14.5 Å². The predicted octanol–water partition coefficient (Wildman–Crippen LogP) is 1.91. The molecule has 2 aliphatic heterocycles. The van der Waals surface area contributed by atoms with Crippen LogP contribution in [0.15, 0.2) is 24.3 Å². The molecule has 0 aliphatic carbocycles. The fraction of sp³-hybridized carbons (Fsp3) is 0.600. The molecule has 0 bridgehead atoms. The highest BCUT2D eigenvalue weighted by Gasteiger charge is 2.45. The molecule has 1 atom stereocenters.